The van der Waals surface area contributed by atoms with Gasteiger partial charge in [0, 0.05) is 12.4 Å². The van der Waals surface area contributed by atoms with Gasteiger partial charge in [-0.05, 0) is 79.6 Å². The van der Waals surface area contributed by atoms with Crippen molar-refractivity contribution in [1.29, 1.82) is 0 Å². The Morgan fingerprint density at radius 3 is 2.51 bits per heavy atom. The van der Waals surface area contributed by atoms with Gasteiger partial charge in [-0.1, -0.05) is 6.07 Å². The van der Waals surface area contributed by atoms with Crippen LogP contribution < -0.4 is 23.7 Å². The molecule has 0 saturated heterocycles. The summed E-state index contributed by atoms with van der Waals surface area (Å²) in [5.74, 6) is 0.358. The Balaban J connectivity index is 1.24. The van der Waals surface area contributed by atoms with Crippen LogP contribution in [0.15, 0.2) is 41.4 Å². The lowest BCUT2D eigenvalue weighted by molar-refractivity contribution is -0.160. The number of fused-ring (bicyclic) bond motifs is 2. The van der Waals surface area contributed by atoms with Crippen LogP contribution in [0.2, 0.25) is 0 Å². The number of carbonyl (C=O) groups is 1. The summed E-state index contributed by atoms with van der Waals surface area (Å²) in [7, 11) is -3.98. The van der Waals surface area contributed by atoms with Gasteiger partial charge in [0.05, 0.1) is 20.7 Å². The minimum atomic E-state index is -3.98. The van der Waals surface area contributed by atoms with Crippen molar-refractivity contribution < 1.29 is 36.9 Å². The van der Waals surface area contributed by atoms with Crippen LogP contribution in [0.25, 0.3) is 11.1 Å². The van der Waals surface area contributed by atoms with Crippen molar-refractivity contribution in [3.05, 3.63) is 41.4 Å². The average Bonchev–Trinajstić information content (AvgIpc) is 3.65. The monoisotopic (exact) mass is 675 g/mol. The highest BCUT2D eigenvalue weighted by molar-refractivity contribution is 9.10. The minimum Gasteiger partial charge on any atom is -0.473 e. The Morgan fingerprint density at radius 2 is 1.77 bits per heavy atom. The van der Waals surface area contributed by atoms with Gasteiger partial charge in [0.15, 0.2) is 17.3 Å². The first-order chi connectivity index (χ1) is 20.4. The molecule has 0 radical (unpaired) electrons. The lowest BCUT2D eigenvalue weighted by Gasteiger charge is -2.37. The highest BCUT2D eigenvalue weighted by atomic mass is 79.9. The van der Waals surface area contributed by atoms with E-state index in [0.29, 0.717) is 35.5 Å². The maximum atomic E-state index is 13.9. The number of sulfonamides is 1. The molecule has 0 amide bonds. The van der Waals surface area contributed by atoms with Gasteiger partial charge in [0.1, 0.15) is 25.1 Å². The molecule has 13 nitrogen and oxygen atoms in total. The van der Waals surface area contributed by atoms with Gasteiger partial charge in [0.25, 0.3) is 0 Å². The zero-order valence-electron chi connectivity index (χ0n) is 23.7. The zero-order chi connectivity index (χ0) is 30.4. The molecule has 1 aromatic carbocycles. The molecule has 3 saturated carbocycles. The molecule has 0 unspecified atom stereocenters. The first-order valence-electron chi connectivity index (χ1n) is 13.7. The van der Waals surface area contributed by atoms with Crippen LogP contribution in [-0.4, -0.2) is 64.7 Å². The van der Waals surface area contributed by atoms with Crippen molar-refractivity contribution in [2.45, 2.75) is 50.4 Å². The Hall–Kier alpha value is -3.72. The molecule has 1 N–H and O–H groups in total. The molecule has 1 aliphatic heterocycles. The number of hydrogen-bond donors (Lipinski definition) is 1. The van der Waals surface area contributed by atoms with Gasteiger partial charge in [-0.15, -0.1) is 0 Å². The number of hydrogen-bond acceptors (Lipinski definition) is 12. The number of ether oxygens (including phenoxy) is 5. The second-order valence-electron chi connectivity index (χ2n) is 11.7. The number of carbonyl (C=O) groups excluding carboxylic acids is 1. The highest BCUT2D eigenvalue weighted by Crippen LogP contribution is 2.60. The fourth-order valence-corrected chi connectivity index (χ4v) is 7.74. The number of nitrogens with zero attached hydrogens (tertiary/aromatic N) is 4. The molecule has 3 aliphatic carbocycles. The van der Waals surface area contributed by atoms with Crippen LogP contribution in [0.4, 0.5) is 5.82 Å². The summed E-state index contributed by atoms with van der Waals surface area (Å²) in [6.45, 7) is 5.63. The van der Waals surface area contributed by atoms with Gasteiger partial charge in [-0.25, -0.2) is 28.4 Å². The molecular weight excluding hydrogens is 646 g/mol. The Morgan fingerprint density at radius 1 is 1.05 bits per heavy atom. The third kappa shape index (κ3) is 5.92. The molecule has 0 spiro atoms. The molecule has 3 aromatic rings. The maximum absolute atomic E-state index is 13.9. The van der Waals surface area contributed by atoms with E-state index in [1.54, 1.807) is 51.4 Å². The summed E-state index contributed by atoms with van der Waals surface area (Å²) in [4.78, 5) is 29.5. The Labute approximate surface area is 256 Å². The smallest absolute Gasteiger partial charge is 0.316 e. The lowest BCUT2D eigenvalue weighted by atomic mass is 9.81. The summed E-state index contributed by atoms with van der Waals surface area (Å²) < 4.78 is 58.2. The first-order valence-corrected chi connectivity index (χ1v) is 15.9. The van der Waals surface area contributed by atoms with Crippen LogP contribution in [0, 0.1) is 11.8 Å². The average molecular weight is 677 g/mol. The molecule has 1 atom stereocenters. The summed E-state index contributed by atoms with van der Waals surface area (Å²) in [6, 6.07) is 5.36. The van der Waals surface area contributed by atoms with E-state index < -0.39 is 26.3 Å². The van der Waals surface area contributed by atoms with Crippen LogP contribution in [-0.2, 0) is 19.6 Å². The fourth-order valence-electron chi connectivity index (χ4n) is 5.65. The standard InChI is InChI=1S/C28H30BrN5O8S/c1-27(2,3)42-25(35)19-11-28(9-17(19)10-28)43(36,37)34-23-22(16-4-5-20-21(8-16)41-15-40-20)24(33-14-32-23)38-6-7-39-26-30-12-18(29)13-31-26/h4-5,8,12-14,17,19H,6-7,9-11,15H2,1-3H3,(H,32,33,34)/t17?,19-,28?/m0/s1. The molecule has 43 heavy (non-hydrogen) atoms. The van der Waals surface area contributed by atoms with E-state index in [1.165, 1.54) is 6.33 Å². The fraction of sp³-hybridized carbons (Fsp3) is 0.464. The summed E-state index contributed by atoms with van der Waals surface area (Å²) >= 11 is 3.28. The number of benzene rings is 1. The van der Waals surface area contributed by atoms with Crippen LogP contribution >= 0.6 is 15.9 Å². The van der Waals surface area contributed by atoms with E-state index in [-0.39, 0.29) is 56.0 Å². The summed E-state index contributed by atoms with van der Waals surface area (Å²) in [6.07, 6.45) is 5.28. The zero-order valence-corrected chi connectivity index (χ0v) is 26.1. The number of halogens is 1. The van der Waals surface area contributed by atoms with E-state index in [9.17, 15) is 13.2 Å². The van der Waals surface area contributed by atoms with Gasteiger partial charge in [-0.3, -0.25) is 9.52 Å². The predicted molar refractivity (Wildman–Crippen MR) is 156 cm³/mol. The molecular formula is C28H30BrN5O8S. The number of aromatic nitrogens is 4. The molecule has 3 heterocycles. The lowest BCUT2D eigenvalue weighted by Crippen LogP contribution is -2.46. The van der Waals surface area contributed by atoms with E-state index in [2.05, 4.69) is 40.6 Å². The van der Waals surface area contributed by atoms with Gasteiger partial charge >= 0.3 is 12.0 Å². The van der Waals surface area contributed by atoms with Crippen molar-refractivity contribution in [3.8, 4) is 34.5 Å². The third-order valence-electron chi connectivity index (χ3n) is 7.56. The number of nitrogens with one attached hydrogen (secondary N) is 1. The third-order valence-corrected chi connectivity index (χ3v) is 10.1. The van der Waals surface area contributed by atoms with Crippen molar-refractivity contribution >= 4 is 37.7 Å². The minimum absolute atomic E-state index is 0.0413. The second kappa shape index (κ2) is 11.1. The number of anilines is 1. The van der Waals surface area contributed by atoms with E-state index in [0.717, 1.165) is 4.47 Å². The quantitative estimate of drug-likeness (QED) is 0.242. The van der Waals surface area contributed by atoms with E-state index >= 15 is 0 Å². The Bertz CT molecular complexity index is 1640. The van der Waals surface area contributed by atoms with Gasteiger partial charge in [-0.2, -0.15) is 0 Å². The second-order valence-corrected chi connectivity index (χ2v) is 14.6. The molecule has 228 valence electrons. The topological polar surface area (TPSA) is 161 Å². The molecule has 7 rings (SSSR count). The maximum Gasteiger partial charge on any atom is 0.316 e. The normalized spacial score (nSPS) is 22.0. The van der Waals surface area contributed by atoms with E-state index in [4.69, 9.17) is 23.7 Å². The van der Waals surface area contributed by atoms with Gasteiger partial charge < -0.3 is 23.7 Å². The SMILES string of the molecule is CC(C)(C)OC(=O)[C@H]1CC2(S(=O)(=O)Nc3ncnc(OCCOc4ncc(Br)cn4)c3-c3ccc4c(c3)OCO4)CC1C2. The highest BCUT2D eigenvalue weighted by Gasteiger charge is 2.65. The van der Waals surface area contributed by atoms with Crippen molar-refractivity contribution in [2.75, 3.05) is 24.7 Å². The number of rotatable bonds is 10. The number of esters is 1. The molecule has 3 fully saturated rings. The largest absolute Gasteiger partial charge is 0.473 e. The van der Waals surface area contributed by atoms with Crippen molar-refractivity contribution in [1.82, 2.24) is 19.9 Å². The molecule has 2 bridgehead atoms. The van der Waals surface area contributed by atoms with Crippen LogP contribution in [0.5, 0.6) is 23.4 Å². The Kier molecular flexibility index (Phi) is 7.57. The van der Waals surface area contributed by atoms with Crippen LogP contribution in [0.1, 0.15) is 40.0 Å². The van der Waals surface area contributed by atoms with Crippen LogP contribution in [0.3, 0.4) is 0 Å². The predicted octanol–water partition coefficient (Wildman–Crippen LogP) is 4.13. The van der Waals surface area contributed by atoms with Crippen molar-refractivity contribution in [3.63, 3.8) is 0 Å². The first kappa shape index (κ1) is 29.4. The molecule has 15 heteroatoms. The summed E-state index contributed by atoms with van der Waals surface area (Å²) in [5.41, 5.74) is 0.219. The molecule has 4 aliphatic rings. The van der Waals surface area contributed by atoms with Gasteiger partial charge in [0.2, 0.25) is 22.7 Å². The van der Waals surface area contributed by atoms with Crippen molar-refractivity contribution in [2.24, 2.45) is 11.8 Å². The molecule has 2 aromatic heterocycles. The summed E-state index contributed by atoms with van der Waals surface area (Å²) in [5, 5.41) is 0. The van der Waals surface area contributed by atoms with E-state index in [1.807, 2.05) is 0 Å².